The van der Waals surface area contributed by atoms with Crippen LogP contribution in [0.5, 0.6) is 0 Å². The molecule has 0 unspecified atom stereocenters. The Morgan fingerprint density at radius 3 is 2.74 bits per heavy atom. The van der Waals surface area contributed by atoms with E-state index >= 15 is 0 Å². The molecule has 0 amide bonds. The summed E-state index contributed by atoms with van der Waals surface area (Å²) in [7, 11) is 2.00. The van der Waals surface area contributed by atoms with Crippen LogP contribution in [-0.4, -0.2) is 13.1 Å². The van der Waals surface area contributed by atoms with Crippen LogP contribution in [0.3, 0.4) is 0 Å². The predicted octanol–water partition coefficient (Wildman–Crippen LogP) is 3.78. The second-order valence-electron chi connectivity index (χ2n) is 4.95. The summed E-state index contributed by atoms with van der Waals surface area (Å²) in [4.78, 5) is 2.08. The SMILES string of the molecule is C/C=C/[C@H]1CC=C[C@@H]1[C@H](C#N)N(C)c1ccccc1. The number of nitriles is 1. The zero-order valence-corrected chi connectivity index (χ0v) is 11.5. The van der Waals surface area contributed by atoms with E-state index in [4.69, 9.17) is 0 Å². The second kappa shape index (κ2) is 6.24. The molecule has 0 N–H and O–H groups in total. The summed E-state index contributed by atoms with van der Waals surface area (Å²) in [6, 6.07) is 12.5. The third-order valence-corrected chi connectivity index (χ3v) is 3.78. The lowest BCUT2D eigenvalue weighted by Crippen LogP contribution is -2.38. The van der Waals surface area contributed by atoms with E-state index in [9.17, 15) is 5.26 Å². The minimum Gasteiger partial charge on any atom is -0.358 e. The molecule has 2 nitrogen and oxygen atoms in total. The fourth-order valence-corrected chi connectivity index (χ4v) is 2.74. The zero-order chi connectivity index (χ0) is 13.7. The van der Waals surface area contributed by atoms with Gasteiger partial charge in [-0.25, -0.2) is 0 Å². The molecule has 1 aliphatic rings. The molecule has 0 aliphatic heterocycles. The number of rotatable bonds is 4. The van der Waals surface area contributed by atoms with Gasteiger partial charge in [-0.3, -0.25) is 0 Å². The summed E-state index contributed by atoms with van der Waals surface area (Å²) in [5.74, 6) is 0.715. The summed E-state index contributed by atoms with van der Waals surface area (Å²) in [5.41, 5.74) is 1.09. The molecule has 3 atom stereocenters. The van der Waals surface area contributed by atoms with Gasteiger partial charge in [-0.15, -0.1) is 0 Å². The molecule has 0 bridgehead atoms. The highest BCUT2D eigenvalue weighted by Crippen LogP contribution is 2.32. The topological polar surface area (TPSA) is 27.0 Å². The molecule has 0 fully saturated rings. The van der Waals surface area contributed by atoms with Crippen LogP contribution in [0.1, 0.15) is 13.3 Å². The number of allylic oxidation sites excluding steroid dienone is 3. The van der Waals surface area contributed by atoms with Crippen molar-refractivity contribution in [2.24, 2.45) is 11.8 Å². The van der Waals surface area contributed by atoms with Gasteiger partial charge in [-0.05, 0) is 31.4 Å². The van der Waals surface area contributed by atoms with Gasteiger partial charge in [0.1, 0.15) is 6.04 Å². The lowest BCUT2D eigenvalue weighted by atomic mass is 9.88. The van der Waals surface area contributed by atoms with Crippen LogP contribution >= 0.6 is 0 Å². The monoisotopic (exact) mass is 252 g/mol. The number of hydrogen-bond donors (Lipinski definition) is 0. The van der Waals surface area contributed by atoms with E-state index in [1.807, 2.05) is 44.3 Å². The largest absolute Gasteiger partial charge is 0.358 e. The van der Waals surface area contributed by atoms with Crippen LogP contribution in [0.25, 0.3) is 0 Å². The molecule has 0 spiro atoms. The molecule has 0 radical (unpaired) electrons. The van der Waals surface area contributed by atoms with Crippen LogP contribution in [-0.2, 0) is 0 Å². The van der Waals surface area contributed by atoms with Gasteiger partial charge in [-0.2, -0.15) is 5.26 Å². The van der Waals surface area contributed by atoms with Gasteiger partial charge in [0.15, 0.2) is 0 Å². The summed E-state index contributed by atoms with van der Waals surface area (Å²) < 4.78 is 0. The van der Waals surface area contributed by atoms with E-state index in [0.717, 1.165) is 12.1 Å². The van der Waals surface area contributed by atoms with Crippen molar-refractivity contribution >= 4 is 5.69 Å². The van der Waals surface area contributed by atoms with E-state index in [0.29, 0.717) is 5.92 Å². The summed E-state index contributed by atoms with van der Waals surface area (Å²) in [5, 5.41) is 9.55. The van der Waals surface area contributed by atoms with Crippen molar-refractivity contribution in [2.75, 3.05) is 11.9 Å². The van der Waals surface area contributed by atoms with Crippen LogP contribution in [0.15, 0.2) is 54.6 Å². The van der Waals surface area contributed by atoms with Gasteiger partial charge >= 0.3 is 0 Å². The summed E-state index contributed by atoms with van der Waals surface area (Å²) in [6.45, 7) is 2.04. The molecule has 2 rings (SSSR count). The minimum absolute atomic E-state index is 0.123. The Morgan fingerprint density at radius 2 is 2.11 bits per heavy atom. The molecule has 1 aromatic rings. The van der Waals surface area contributed by atoms with E-state index < -0.39 is 0 Å². The molecule has 19 heavy (non-hydrogen) atoms. The Kier molecular flexibility index (Phi) is 4.41. The average Bonchev–Trinajstić information content (AvgIpc) is 2.89. The van der Waals surface area contributed by atoms with Crippen LogP contribution in [0.2, 0.25) is 0 Å². The lowest BCUT2D eigenvalue weighted by Gasteiger charge is -2.31. The first-order chi connectivity index (χ1) is 9.27. The molecule has 0 heterocycles. The van der Waals surface area contributed by atoms with Crippen molar-refractivity contribution in [1.82, 2.24) is 0 Å². The van der Waals surface area contributed by atoms with E-state index in [-0.39, 0.29) is 12.0 Å². The van der Waals surface area contributed by atoms with Crippen molar-refractivity contribution in [3.05, 3.63) is 54.6 Å². The maximum absolute atomic E-state index is 9.55. The maximum Gasteiger partial charge on any atom is 0.123 e. The molecule has 0 saturated heterocycles. The Balaban J connectivity index is 2.21. The van der Waals surface area contributed by atoms with Crippen molar-refractivity contribution in [2.45, 2.75) is 19.4 Å². The smallest absolute Gasteiger partial charge is 0.123 e. The van der Waals surface area contributed by atoms with Gasteiger partial charge in [0.25, 0.3) is 0 Å². The fraction of sp³-hybridized carbons (Fsp3) is 0.353. The summed E-state index contributed by atoms with van der Waals surface area (Å²) in [6.07, 6.45) is 9.72. The minimum atomic E-state index is -0.123. The van der Waals surface area contributed by atoms with Crippen LogP contribution in [0.4, 0.5) is 5.69 Å². The van der Waals surface area contributed by atoms with E-state index in [1.54, 1.807) is 0 Å². The molecular weight excluding hydrogens is 232 g/mol. The summed E-state index contributed by atoms with van der Waals surface area (Å²) >= 11 is 0. The molecule has 1 aliphatic carbocycles. The average molecular weight is 252 g/mol. The molecule has 98 valence electrons. The van der Waals surface area contributed by atoms with E-state index in [1.165, 1.54) is 0 Å². The highest BCUT2D eigenvalue weighted by atomic mass is 15.1. The van der Waals surface area contributed by atoms with E-state index in [2.05, 4.69) is 35.3 Å². The van der Waals surface area contributed by atoms with Gasteiger partial charge < -0.3 is 4.90 Å². The number of para-hydroxylation sites is 1. The van der Waals surface area contributed by atoms with Gasteiger partial charge in [0.2, 0.25) is 0 Å². The molecular formula is C17H20N2. The second-order valence-corrected chi connectivity index (χ2v) is 4.95. The first-order valence-corrected chi connectivity index (χ1v) is 6.75. The third-order valence-electron chi connectivity index (χ3n) is 3.78. The van der Waals surface area contributed by atoms with Crippen LogP contribution in [0, 0.1) is 23.2 Å². The number of nitrogens with zero attached hydrogens (tertiary/aromatic N) is 2. The van der Waals surface area contributed by atoms with Crippen LogP contribution < -0.4 is 4.90 Å². The predicted molar refractivity (Wildman–Crippen MR) is 79.8 cm³/mol. The van der Waals surface area contributed by atoms with Crippen molar-refractivity contribution in [3.63, 3.8) is 0 Å². The Morgan fingerprint density at radius 1 is 1.37 bits per heavy atom. The number of anilines is 1. The van der Waals surface area contributed by atoms with Gasteiger partial charge in [-0.1, -0.05) is 42.5 Å². The molecule has 1 aromatic carbocycles. The molecule has 0 saturated carbocycles. The molecule has 0 aromatic heterocycles. The lowest BCUT2D eigenvalue weighted by molar-refractivity contribution is 0.459. The zero-order valence-electron chi connectivity index (χ0n) is 11.5. The van der Waals surface area contributed by atoms with Crippen molar-refractivity contribution in [1.29, 1.82) is 5.26 Å². The molecule has 2 heteroatoms. The first-order valence-electron chi connectivity index (χ1n) is 6.75. The number of benzene rings is 1. The third kappa shape index (κ3) is 2.88. The highest BCUT2D eigenvalue weighted by molar-refractivity contribution is 5.48. The van der Waals surface area contributed by atoms with Gasteiger partial charge in [0.05, 0.1) is 6.07 Å². The Hall–Kier alpha value is -2.01. The Labute approximate surface area is 115 Å². The fourth-order valence-electron chi connectivity index (χ4n) is 2.74. The van der Waals surface area contributed by atoms with Gasteiger partial charge in [0, 0.05) is 18.7 Å². The van der Waals surface area contributed by atoms with Crippen molar-refractivity contribution < 1.29 is 0 Å². The standard InChI is InChI=1S/C17H20N2/c1-3-8-14-9-7-12-16(14)17(13-18)19(2)15-10-5-4-6-11-15/h3-8,10-12,14,16-17H,9H2,1-2H3/b8-3+/t14-,16-,17-/m0/s1. The van der Waals surface area contributed by atoms with Crippen molar-refractivity contribution in [3.8, 4) is 6.07 Å². The normalized spacial score (nSPS) is 23.4. The quantitative estimate of drug-likeness (QED) is 0.762. The highest BCUT2D eigenvalue weighted by Gasteiger charge is 2.31. The Bertz CT molecular complexity index is 496. The number of hydrogen-bond acceptors (Lipinski definition) is 2. The maximum atomic E-state index is 9.55. The first kappa shape index (κ1) is 13.4.